The maximum Gasteiger partial charge on any atom is 0.0861 e. The Morgan fingerprint density at radius 3 is 2.38 bits per heavy atom. The standard InChI is InChI=1S/C9H20O3S/c1-3-8(10)4-7(2)12-5-9(11)6-13/h7-11,13H,3-6H2,1-2H3. The van der Waals surface area contributed by atoms with Gasteiger partial charge in [-0.15, -0.1) is 0 Å². The molecule has 0 aliphatic heterocycles. The summed E-state index contributed by atoms with van der Waals surface area (Å²) in [6, 6.07) is 0. The lowest BCUT2D eigenvalue weighted by molar-refractivity contribution is -0.0152. The molecule has 0 fully saturated rings. The molecule has 0 aliphatic carbocycles. The Kier molecular flexibility index (Phi) is 7.75. The molecule has 2 N–H and O–H groups in total. The van der Waals surface area contributed by atoms with Crippen LogP contribution in [0.4, 0.5) is 0 Å². The van der Waals surface area contributed by atoms with Gasteiger partial charge in [0, 0.05) is 5.75 Å². The first-order chi connectivity index (χ1) is 6.10. The molecule has 0 amide bonds. The predicted octanol–water partition coefficient (Wildman–Crippen LogP) is 0.843. The van der Waals surface area contributed by atoms with E-state index in [1.165, 1.54) is 0 Å². The minimum atomic E-state index is -0.510. The van der Waals surface area contributed by atoms with Gasteiger partial charge in [0.15, 0.2) is 0 Å². The van der Waals surface area contributed by atoms with Crippen LogP contribution in [0.2, 0.25) is 0 Å². The zero-order valence-electron chi connectivity index (χ0n) is 8.31. The second kappa shape index (κ2) is 7.62. The van der Waals surface area contributed by atoms with Crippen molar-refractivity contribution in [2.75, 3.05) is 12.4 Å². The fourth-order valence-electron chi connectivity index (χ4n) is 0.946. The Hall–Kier alpha value is 0.230. The monoisotopic (exact) mass is 208 g/mol. The zero-order valence-corrected chi connectivity index (χ0v) is 9.20. The number of rotatable bonds is 7. The molecule has 4 heteroatoms. The molecular weight excluding hydrogens is 188 g/mol. The van der Waals surface area contributed by atoms with Gasteiger partial charge >= 0.3 is 0 Å². The van der Waals surface area contributed by atoms with Crippen molar-refractivity contribution < 1.29 is 14.9 Å². The van der Waals surface area contributed by atoms with Crippen molar-refractivity contribution in [3.8, 4) is 0 Å². The molecule has 0 aliphatic rings. The third kappa shape index (κ3) is 7.31. The average molecular weight is 208 g/mol. The number of hydrogen-bond donors (Lipinski definition) is 3. The maximum atomic E-state index is 9.29. The van der Waals surface area contributed by atoms with Gasteiger partial charge in [-0.2, -0.15) is 12.6 Å². The molecule has 0 radical (unpaired) electrons. The van der Waals surface area contributed by atoms with Crippen molar-refractivity contribution in [3.05, 3.63) is 0 Å². The molecule has 3 atom stereocenters. The molecule has 3 unspecified atom stereocenters. The van der Waals surface area contributed by atoms with Crippen LogP contribution in [-0.4, -0.2) is 40.9 Å². The van der Waals surface area contributed by atoms with Crippen molar-refractivity contribution in [1.29, 1.82) is 0 Å². The topological polar surface area (TPSA) is 49.7 Å². The van der Waals surface area contributed by atoms with Crippen molar-refractivity contribution in [3.63, 3.8) is 0 Å². The van der Waals surface area contributed by atoms with Gasteiger partial charge in [-0.1, -0.05) is 6.92 Å². The first-order valence-corrected chi connectivity index (χ1v) is 5.32. The first-order valence-electron chi connectivity index (χ1n) is 4.68. The number of thiol groups is 1. The summed E-state index contributed by atoms with van der Waals surface area (Å²) in [6.45, 7) is 4.12. The van der Waals surface area contributed by atoms with Crippen molar-refractivity contribution in [2.24, 2.45) is 0 Å². The molecule has 3 nitrogen and oxygen atoms in total. The van der Waals surface area contributed by atoms with E-state index in [0.717, 1.165) is 6.42 Å². The third-order valence-corrected chi connectivity index (χ3v) is 2.28. The summed E-state index contributed by atoms with van der Waals surface area (Å²) in [5.74, 6) is 0.406. The highest BCUT2D eigenvalue weighted by Crippen LogP contribution is 2.05. The van der Waals surface area contributed by atoms with E-state index >= 15 is 0 Å². The summed E-state index contributed by atoms with van der Waals surface area (Å²) in [5, 5.41) is 18.4. The Morgan fingerprint density at radius 2 is 1.92 bits per heavy atom. The fraction of sp³-hybridized carbons (Fsp3) is 1.00. The van der Waals surface area contributed by atoms with Crippen LogP contribution >= 0.6 is 12.6 Å². The van der Waals surface area contributed by atoms with Crippen molar-refractivity contribution in [1.82, 2.24) is 0 Å². The molecule has 0 aromatic rings. The molecule has 0 rings (SSSR count). The van der Waals surface area contributed by atoms with Crippen LogP contribution in [0.5, 0.6) is 0 Å². The van der Waals surface area contributed by atoms with Crippen LogP contribution in [0.15, 0.2) is 0 Å². The highest BCUT2D eigenvalue weighted by atomic mass is 32.1. The highest BCUT2D eigenvalue weighted by molar-refractivity contribution is 7.80. The van der Waals surface area contributed by atoms with E-state index in [9.17, 15) is 5.11 Å². The maximum absolute atomic E-state index is 9.29. The lowest BCUT2D eigenvalue weighted by Gasteiger charge is -2.17. The minimum absolute atomic E-state index is 0.00974. The molecular formula is C9H20O3S. The Morgan fingerprint density at radius 1 is 1.31 bits per heavy atom. The van der Waals surface area contributed by atoms with E-state index in [0.29, 0.717) is 18.8 Å². The van der Waals surface area contributed by atoms with E-state index in [4.69, 9.17) is 9.84 Å². The number of hydrogen-bond acceptors (Lipinski definition) is 4. The summed E-state index contributed by atoms with van der Waals surface area (Å²) in [7, 11) is 0. The molecule has 0 aromatic heterocycles. The molecule has 0 spiro atoms. The van der Waals surface area contributed by atoms with E-state index < -0.39 is 6.10 Å². The molecule has 80 valence electrons. The van der Waals surface area contributed by atoms with Gasteiger partial charge in [0.05, 0.1) is 24.9 Å². The quantitative estimate of drug-likeness (QED) is 0.543. The van der Waals surface area contributed by atoms with Crippen LogP contribution in [0.1, 0.15) is 26.7 Å². The Bertz CT molecular complexity index is 121. The largest absolute Gasteiger partial charge is 0.393 e. The summed E-state index contributed by atoms with van der Waals surface area (Å²) >= 11 is 3.93. The lowest BCUT2D eigenvalue weighted by Crippen LogP contribution is -2.24. The van der Waals surface area contributed by atoms with Crippen LogP contribution in [0.25, 0.3) is 0 Å². The van der Waals surface area contributed by atoms with Crippen LogP contribution in [0.3, 0.4) is 0 Å². The van der Waals surface area contributed by atoms with Crippen molar-refractivity contribution >= 4 is 12.6 Å². The third-order valence-electron chi connectivity index (χ3n) is 1.86. The summed E-state index contributed by atoms with van der Waals surface area (Å²) in [5.41, 5.74) is 0. The van der Waals surface area contributed by atoms with E-state index in [1.54, 1.807) is 0 Å². The van der Waals surface area contributed by atoms with E-state index in [-0.39, 0.29) is 12.2 Å². The normalized spacial score (nSPS) is 18.2. The summed E-state index contributed by atoms with van der Waals surface area (Å²) in [4.78, 5) is 0. The van der Waals surface area contributed by atoms with Crippen LogP contribution < -0.4 is 0 Å². The van der Waals surface area contributed by atoms with Crippen molar-refractivity contribution in [2.45, 2.75) is 45.0 Å². The SMILES string of the molecule is CCC(O)CC(C)OCC(O)CS. The van der Waals surface area contributed by atoms with Gasteiger partial charge < -0.3 is 14.9 Å². The zero-order chi connectivity index (χ0) is 10.3. The Balaban J connectivity index is 3.45. The highest BCUT2D eigenvalue weighted by Gasteiger charge is 2.10. The van der Waals surface area contributed by atoms with Gasteiger partial charge in [0.25, 0.3) is 0 Å². The van der Waals surface area contributed by atoms with Crippen LogP contribution in [0, 0.1) is 0 Å². The molecule has 0 heterocycles. The average Bonchev–Trinajstić information content (AvgIpc) is 2.13. The molecule has 0 saturated heterocycles. The number of ether oxygens (including phenoxy) is 1. The molecule has 13 heavy (non-hydrogen) atoms. The second-order valence-corrected chi connectivity index (χ2v) is 3.64. The van der Waals surface area contributed by atoms with Gasteiger partial charge in [-0.3, -0.25) is 0 Å². The van der Waals surface area contributed by atoms with E-state index in [2.05, 4.69) is 12.6 Å². The molecule has 0 aromatic carbocycles. The van der Waals surface area contributed by atoms with Gasteiger partial charge in [-0.05, 0) is 19.8 Å². The van der Waals surface area contributed by atoms with Gasteiger partial charge in [0.2, 0.25) is 0 Å². The summed E-state index contributed by atoms with van der Waals surface area (Å²) < 4.78 is 5.31. The fourth-order valence-corrected chi connectivity index (χ4v) is 1.05. The second-order valence-electron chi connectivity index (χ2n) is 3.28. The Labute approximate surface area is 85.5 Å². The minimum Gasteiger partial charge on any atom is -0.393 e. The van der Waals surface area contributed by atoms with Crippen LogP contribution in [-0.2, 0) is 4.74 Å². The molecule has 0 bridgehead atoms. The number of aliphatic hydroxyl groups is 2. The predicted molar refractivity (Wildman–Crippen MR) is 56.2 cm³/mol. The molecule has 0 saturated carbocycles. The lowest BCUT2D eigenvalue weighted by atomic mass is 10.1. The summed E-state index contributed by atoms with van der Waals surface area (Å²) in [6.07, 6.45) is 0.538. The first kappa shape index (κ1) is 13.2. The van der Waals surface area contributed by atoms with E-state index in [1.807, 2.05) is 13.8 Å². The van der Waals surface area contributed by atoms with Gasteiger partial charge in [-0.25, -0.2) is 0 Å². The number of aliphatic hydroxyl groups excluding tert-OH is 2. The smallest absolute Gasteiger partial charge is 0.0861 e. The van der Waals surface area contributed by atoms with Gasteiger partial charge in [0.1, 0.15) is 0 Å².